The maximum absolute atomic E-state index is 13.5. The van der Waals surface area contributed by atoms with Gasteiger partial charge in [-0.15, -0.1) is 0 Å². The average Bonchev–Trinajstić information content (AvgIpc) is 2.80. The highest BCUT2D eigenvalue weighted by molar-refractivity contribution is 5.89. The van der Waals surface area contributed by atoms with Gasteiger partial charge in [-0.25, -0.2) is 4.79 Å². The molecule has 2 N–H and O–H groups in total. The number of nitrogens with zero attached hydrogens (tertiary/aromatic N) is 1. The second-order valence-corrected chi connectivity index (χ2v) is 5.04. The van der Waals surface area contributed by atoms with Gasteiger partial charge in [0.05, 0.1) is 12.7 Å². The van der Waals surface area contributed by atoms with E-state index in [1.807, 2.05) is 6.04 Å². The number of hydrogen-bond donors (Lipinski definition) is 1. The van der Waals surface area contributed by atoms with E-state index in [0.29, 0.717) is 5.69 Å². The van der Waals surface area contributed by atoms with Crippen LogP contribution in [0.4, 0.5) is 13.2 Å². The van der Waals surface area contributed by atoms with Crippen molar-refractivity contribution in [1.29, 1.82) is 0 Å². The molecule has 0 aliphatic heterocycles. The Morgan fingerprint density at radius 3 is 2.57 bits per heavy atom. The molecule has 0 aliphatic rings. The van der Waals surface area contributed by atoms with Gasteiger partial charge in [-0.3, -0.25) is 0 Å². The van der Waals surface area contributed by atoms with Crippen LogP contribution in [0.2, 0.25) is 0 Å². The maximum Gasteiger partial charge on any atom is 0.418 e. The number of esters is 1. The number of rotatable bonds is 2. The fourth-order valence-electron chi connectivity index (χ4n) is 2.71. The van der Waals surface area contributed by atoms with Gasteiger partial charge >= 0.3 is 12.1 Å². The summed E-state index contributed by atoms with van der Waals surface area (Å²) in [4.78, 5) is 11.8. The Bertz CT molecular complexity index is 826. The summed E-state index contributed by atoms with van der Waals surface area (Å²) in [6.45, 7) is 3.20. The van der Waals surface area contributed by atoms with Gasteiger partial charge in [-0.05, 0) is 38.0 Å². The number of aromatic nitrogens is 1. The van der Waals surface area contributed by atoms with Crippen LogP contribution in [0, 0.1) is 18.9 Å². The summed E-state index contributed by atoms with van der Waals surface area (Å²) < 4.78 is 46.6. The summed E-state index contributed by atoms with van der Waals surface area (Å²) in [5.41, 5.74) is 4.81. The first kappa shape index (κ1) is 16.7. The Balaban J connectivity index is 2.84. The van der Waals surface area contributed by atoms with Crippen molar-refractivity contribution in [2.24, 2.45) is 5.73 Å². The number of halogens is 3. The number of carbonyl (C=O) groups is 1. The number of alkyl halides is 3. The highest BCUT2D eigenvalue weighted by Gasteiger charge is 2.36. The Morgan fingerprint density at radius 2 is 2.04 bits per heavy atom. The molecule has 23 heavy (non-hydrogen) atoms. The third kappa shape index (κ3) is 2.84. The van der Waals surface area contributed by atoms with Gasteiger partial charge < -0.3 is 15.0 Å². The number of nitrogens with two attached hydrogens (primary N) is 1. The third-order valence-corrected chi connectivity index (χ3v) is 3.64. The van der Waals surface area contributed by atoms with Gasteiger partial charge in [0.25, 0.3) is 0 Å². The molecule has 0 bridgehead atoms. The molecule has 4 nitrogen and oxygen atoms in total. The van der Waals surface area contributed by atoms with Crippen LogP contribution < -0.4 is 5.73 Å². The molecular weight excluding hydrogens is 309 g/mol. The SMILES string of the molecule is COC(=O)C(C)n1c(C)cc2c(C(F)(F)F)c(C#CN)ccc21. The molecule has 0 aliphatic carbocycles. The fourth-order valence-corrected chi connectivity index (χ4v) is 2.71. The summed E-state index contributed by atoms with van der Waals surface area (Å²) in [5.74, 6) is 1.74. The summed E-state index contributed by atoms with van der Waals surface area (Å²) in [7, 11) is 1.23. The number of fused-ring (bicyclic) bond motifs is 1. The van der Waals surface area contributed by atoms with E-state index >= 15 is 0 Å². The number of benzene rings is 1. The first-order chi connectivity index (χ1) is 10.7. The molecule has 7 heteroatoms. The lowest BCUT2D eigenvalue weighted by Crippen LogP contribution is -2.18. The van der Waals surface area contributed by atoms with E-state index in [1.165, 1.54) is 29.9 Å². The zero-order chi connectivity index (χ0) is 17.4. The summed E-state index contributed by atoms with van der Waals surface area (Å²) >= 11 is 0. The zero-order valence-corrected chi connectivity index (χ0v) is 12.8. The van der Waals surface area contributed by atoms with E-state index in [2.05, 4.69) is 10.7 Å². The average molecular weight is 324 g/mol. The number of aryl methyl sites for hydroxylation is 1. The molecule has 2 aromatic rings. The minimum atomic E-state index is -4.59. The molecular formula is C16H15F3N2O2. The Hall–Kier alpha value is -2.62. The Kier molecular flexibility index (Phi) is 4.28. The van der Waals surface area contributed by atoms with Crippen molar-refractivity contribution in [3.8, 4) is 12.0 Å². The number of hydrogen-bond acceptors (Lipinski definition) is 3. The van der Waals surface area contributed by atoms with E-state index in [-0.39, 0.29) is 16.5 Å². The minimum Gasteiger partial charge on any atom is -0.467 e. The van der Waals surface area contributed by atoms with E-state index in [1.54, 1.807) is 13.8 Å². The molecule has 122 valence electrons. The van der Waals surface area contributed by atoms with Gasteiger partial charge in [0, 0.05) is 28.2 Å². The third-order valence-electron chi connectivity index (χ3n) is 3.64. The topological polar surface area (TPSA) is 57.2 Å². The quantitative estimate of drug-likeness (QED) is 0.525. The van der Waals surface area contributed by atoms with Crippen LogP contribution in [-0.4, -0.2) is 17.6 Å². The highest BCUT2D eigenvalue weighted by atomic mass is 19.4. The molecule has 0 saturated carbocycles. The molecule has 1 aromatic carbocycles. The first-order valence-electron chi connectivity index (χ1n) is 6.73. The highest BCUT2D eigenvalue weighted by Crippen LogP contribution is 2.39. The van der Waals surface area contributed by atoms with E-state index < -0.39 is 23.8 Å². The molecule has 2 rings (SSSR count). The van der Waals surface area contributed by atoms with E-state index in [9.17, 15) is 18.0 Å². The monoisotopic (exact) mass is 324 g/mol. The zero-order valence-electron chi connectivity index (χ0n) is 12.8. The summed E-state index contributed by atoms with van der Waals surface area (Å²) in [5, 5.41) is -0.0222. The van der Waals surface area contributed by atoms with Crippen LogP contribution in [0.15, 0.2) is 18.2 Å². The predicted molar refractivity (Wildman–Crippen MR) is 79.5 cm³/mol. The van der Waals surface area contributed by atoms with E-state index in [4.69, 9.17) is 5.73 Å². The van der Waals surface area contributed by atoms with Crippen LogP contribution in [0.25, 0.3) is 10.9 Å². The van der Waals surface area contributed by atoms with Crippen LogP contribution in [0.1, 0.15) is 29.8 Å². The van der Waals surface area contributed by atoms with Crippen LogP contribution >= 0.6 is 0 Å². The van der Waals surface area contributed by atoms with Crippen LogP contribution in [0.3, 0.4) is 0 Å². The first-order valence-corrected chi connectivity index (χ1v) is 6.73. The molecule has 1 aromatic heterocycles. The molecule has 1 unspecified atom stereocenters. The lowest BCUT2D eigenvalue weighted by molar-refractivity contribution is -0.144. The fraction of sp³-hybridized carbons (Fsp3) is 0.312. The van der Waals surface area contributed by atoms with Gasteiger partial charge in [0.1, 0.15) is 6.04 Å². The molecule has 0 spiro atoms. The Labute approximate surface area is 131 Å². The van der Waals surface area contributed by atoms with Crippen molar-refractivity contribution in [3.05, 3.63) is 35.0 Å². The smallest absolute Gasteiger partial charge is 0.418 e. The van der Waals surface area contributed by atoms with Crippen molar-refractivity contribution in [2.45, 2.75) is 26.1 Å². The summed E-state index contributed by atoms with van der Waals surface area (Å²) in [6, 6.07) is 5.40. The van der Waals surface area contributed by atoms with Crippen molar-refractivity contribution in [3.63, 3.8) is 0 Å². The van der Waals surface area contributed by atoms with Gasteiger partial charge in [0.2, 0.25) is 0 Å². The number of methoxy groups -OCH3 is 1. The second-order valence-electron chi connectivity index (χ2n) is 5.04. The van der Waals surface area contributed by atoms with Crippen molar-refractivity contribution >= 4 is 16.9 Å². The second kappa shape index (κ2) is 5.88. The predicted octanol–water partition coefficient (Wildman–Crippen LogP) is 2.97. The summed E-state index contributed by atoms with van der Waals surface area (Å²) in [6.07, 6.45) is -4.59. The molecule has 1 heterocycles. The van der Waals surface area contributed by atoms with Crippen molar-refractivity contribution in [2.75, 3.05) is 7.11 Å². The van der Waals surface area contributed by atoms with Gasteiger partial charge in [-0.2, -0.15) is 13.2 Å². The molecule has 0 radical (unpaired) electrons. The molecule has 0 saturated heterocycles. The largest absolute Gasteiger partial charge is 0.467 e. The van der Waals surface area contributed by atoms with Crippen LogP contribution in [0.5, 0.6) is 0 Å². The van der Waals surface area contributed by atoms with Crippen molar-refractivity contribution < 1.29 is 22.7 Å². The van der Waals surface area contributed by atoms with Gasteiger partial charge in [0.15, 0.2) is 0 Å². The van der Waals surface area contributed by atoms with Gasteiger partial charge in [-0.1, -0.05) is 0 Å². The normalized spacial score (nSPS) is 12.6. The Morgan fingerprint density at radius 1 is 1.39 bits per heavy atom. The number of carbonyl (C=O) groups excluding carboxylic acids is 1. The standard InChI is InChI=1S/C16H15F3N2O2/c1-9-8-12-13(21(9)10(2)15(22)23-3)5-4-11(6-7-20)14(12)16(17,18)19/h4-5,8,10H,20H2,1-3H3. The molecule has 0 amide bonds. The minimum absolute atomic E-state index is 0.0222. The lowest BCUT2D eigenvalue weighted by atomic mass is 10.0. The molecule has 0 fully saturated rings. The van der Waals surface area contributed by atoms with Crippen molar-refractivity contribution in [1.82, 2.24) is 4.57 Å². The number of ether oxygens (including phenoxy) is 1. The lowest BCUT2D eigenvalue weighted by Gasteiger charge is -2.16. The maximum atomic E-state index is 13.5. The molecule has 1 atom stereocenters. The van der Waals surface area contributed by atoms with E-state index in [0.717, 1.165) is 0 Å². The van der Waals surface area contributed by atoms with Crippen LogP contribution in [-0.2, 0) is 15.7 Å².